The van der Waals surface area contributed by atoms with Gasteiger partial charge in [0.25, 0.3) is 0 Å². The third-order valence-electron chi connectivity index (χ3n) is 1.12. The number of rotatable bonds is 2. The summed E-state index contributed by atoms with van der Waals surface area (Å²) in [5.41, 5.74) is 0. The molecule has 0 N–H and O–H groups in total. The first-order chi connectivity index (χ1) is 4.04. The van der Waals surface area contributed by atoms with E-state index in [0.717, 1.165) is 16.0 Å². The largest absolute Gasteiger partial charge is 0.496 e. The van der Waals surface area contributed by atoms with Gasteiger partial charge in [0.15, 0.2) is 0 Å². The van der Waals surface area contributed by atoms with E-state index in [0.29, 0.717) is 6.10 Å². The van der Waals surface area contributed by atoms with Gasteiger partial charge in [-0.2, -0.15) is 0 Å². The van der Waals surface area contributed by atoms with Gasteiger partial charge in [-0.25, -0.2) is 0 Å². The minimum Gasteiger partial charge on any atom is -0.496 e. The van der Waals surface area contributed by atoms with Crippen LogP contribution in [-0.2, 0) is 4.74 Å². The summed E-state index contributed by atoms with van der Waals surface area (Å²) in [6.45, 7) is 8.24. The van der Waals surface area contributed by atoms with Gasteiger partial charge >= 0.3 is 0 Å². The summed E-state index contributed by atoms with van der Waals surface area (Å²) in [5, 5.41) is 1.39. The fourth-order valence-corrected chi connectivity index (χ4v) is 0.589. The van der Waals surface area contributed by atoms with Crippen LogP contribution in [0.5, 0.6) is 0 Å². The lowest BCUT2D eigenvalue weighted by molar-refractivity contribution is 0.148. The Hall–Kier alpha value is -0.243. The zero-order chi connectivity index (χ0) is 7.44. The van der Waals surface area contributed by atoms with Crippen molar-refractivity contribution < 1.29 is 4.74 Å². The van der Waals surface area contributed by atoms with Gasteiger partial charge in [-0.05, 0) is 27.7 Å². The van der Waals surface area contributed by atoms with Crippen LogP contribution in [0.3, 0.4) is 0 Å². The topological polar surface area (TPSA) is 9.23 Å². The highest BCUT2D eigenvalue weighted by Crippen LogP contribution is 2.03. The first-order valence-corrected chi connectivity index (χ1v) is 4.34. The second kappa shape index (κ2) is 3.72. The minimum atomic E-state index is 0.328. The quantitative estimate of drug-likeness (QED) is 0.415. The molecule has 0 saturated heterocycles. The van der Waals surface area contributed by atoms with Gasteiger partial charge in [0.05, 0.1) is 11.9 Å². The molecule has 0 aliphatic rings. The molecule has 0 saturated carbocycles. The van der Waals surface area contributed by atoms with E-state index < -0.39 is 0 Å². The Labute approximate surface area is 60.5 Å². The van der Waals surface area contributed by atoms with E-state index in [1.54, 1.807) is 0 Å². The Kier molecular flexibility index (Phi) is 3.62. The Morgan fingerprint density at radius 3 is 1.89 bits per heavy atom. The summed E-state index contributed by atoms with van der Waals surface area (Å²) < 4.78 is 5.43. The second-order valence-electron chi connectivity index (χ2n) is 2.72. The van der Waals surface area contributed by atoms with Crippen LogP contribution in [0.25, 0.3) is 0 Å². The molecular weight excluding hydrogens is 128 g/mol. The van der Waals surface area contributed by atoms with E-state index in [-0.39, 0.29) is 0 Å². The van der Waals surface area contributed by atoms with Gasteiger partial charge in [0.1, 0.15) is 0 Å². The second-order valence-corrected chi connectivity index (χ2v) is 4.22. The zero-order valence-corrected chi connectivity index (χ0v) is 8.99. The van der Waals surface area contributed by atoms with Gasteiger partial charge in [-0.15, -0.1) is 0 Å². The molecule has 0 unspecified atom stereocenters. The lowest BCUT2D eigenvalue weighted by Gasteiger charge is -2.10. The van der Waals surface area contributed by atoms with Crippen LogP contribution >= 0.6 is 0 Å². The van der Waals surface area contributed by atoms with Crippen LogP contribution in [0.4, 0.5) is 0 Å². The van der Waals surface area contributed by atoms with Gasteiger partial charge < -0.3 is 4.74 Å². The molecule has 54 valence electrons. The molecule has 0 fully saturated rings. The lowest BCUT2D eigenvalue weighted by Crippen LogP contribution is -2.01. The fraction of sp³-hybridized carbons (Fsp3) is 0.714. The van der Waals surface area contributed by atoms with Gasteiger partial charge in [-0.1, -0.05) is 5.20 Å². The molecule has 0 aliphatic carbocycles. The third-order valence-corrected chi connectivity index (χ3v) is 1.82. The highest BCUT2D eigenvalue weighted by Gasteiger charge is 1.94. The van der Waals surface area contributed by atoms with Crippen molar-refractivity contribution >= 4 is 10.2 Å². The molecule has 9 heavy (non-hydrogen) atoms. The van der Waals surface area contributed by atoms with Crippen LogP contribution < -0.4 is 0 Å². The van der Waals surface area contributed by atoms with E-state index in [1.165, 1.54) is 5.20 Å². The Morgan fingerprint density at radius 2 is 1.78 bits per heavy atom. The van der Waals surface area contributed by atoms with E-state index in [9.17, 15) is 0 Å². The molecule has 0 aliphatic heterocycles. The van der Waals surface area contributed by atoms with Crippen LogP contribution in [0, 0.1) is 0 Å². The van der Waals surface area contributed by atoms with E-state index >= 15 is 0 Å². The van der Waals surface area contributed by atoms with Crippen LogP contribution in [0.15, 0.2) is 11.0 Å². The predicted octanol–water partition coefficient (Wildman–Crippen LogP) is 1.03. The van der Waals surface area contributed by atoms with Crippen molar-refractivity contribution in [3.05, 3.63) is 11.0 Å². The highest BCUT2D eigenvalue weighted by atomic mass is 28.1. The van der Waals surface area contributed by atoms with Crippen molar-refractivity contribution in [3.8, 4) is 0 Å². The lowest BCUT2D eigenvalue weighted by atomic mass is 10.4. The van der Waals surface area contributed by atoms with E-state index in [1.807, 2.05) is 20.8 Å². The summed E-state index contributed by atoms with van der Waals surface area (Å²) in [6.07, 6.45) is 0.328. The van der Waals surface area contributed by atoms with Crippen LogP contribution in [0.2, 0.25) is 0 Å². The first kappa shape index (κ1) is 8.76. The van der Waals surface area contributed by atoms with Crippen molar-refractivity contribution in [2.75, 3.05) is 0 Å². The molecule has 1 nitrogen and oxygen atoms in total. The monoisotopic (exact) mass is 144 g/mol. The third kappa shape index (κ3) is 4.27. The van der Waals surface area contributed by atoms with Gasteiger partial charge in [0, 0.05) is 10.2 Å². The smallest absolute Gasteiger partial charge is 0.0926 e. The molecule has 0 aromatic carbocycles. The predicted molar refractivity (Wildman–Crippen MR) is 44.5 cm³/mol. The molecule has 0 amide bonds. The Bertz CT molecular complexity index is 112. The van der Waals surface area contributed by atoms with Crippen molar-refractivity contribution in [1.29, 1.82) is 0 Å². The van der Waals surface area contributed by atoms with Gasteiger partial charge in [0.2, 0.25) is 0 Å². The fourth-order valence-electron chi connectivity index (χ4n) is 0.471. The van der Waals surface area contributed by atoms with Crippen LogP contribution in [0.1, 0.15) is 27.7 Å². The first-order valence-electron chi connectivity index (χ1n) is 3.34. The SMILES string of the molecule is CC([SiH3])=C(C)OC(C)C. The van der Waals surface area contributed by atoms with E-state index in [4.69, 9.17) is 4.74 Å². The summed E-state index contributed by atoms with van der Waals surface area (Å²) >= 11 is 0. The number of allylic oxidation sites excluding steroid dienone is 2. The van der Waals surface area contributed by atoms with Crippen molar-refractivity contribution in [3.63, 3.8) is 0 Å². The summed E-state index contributed by atoms with van der Waals surface area (Å²) in [6, 6.07) is 0. The maximum absolute atomic E-state index is 5.43. The summed E-state index contributed by atoms with van der Waals surface area (Å²) in [4.78, 5) is 0. The molecule has 0 radical (unpaired) electrons. The molecule has 0 aromatic rings. The number of hydrogen-bond donors (Lipinski definition) is 0. The zero-order valence-electron chi connectivity index (χ0n) is 6.99. The molecule has 2 heteroatoms. The van der Waals surface area contributed by atoms with Crippen molar-refractivity contribution in [2.24, 2.45) is 0 Å². The molecular formula is C7H16OSi. The molecule has 0 spiro atoms. The Balaban J connectivity index is 3.77. The van der Waals surface area contributed by atoms with Crippen molar-refractivity contribution in [2.45, 2.75) is 33.8 Å². The average Bonchev–Trinajstić information content (AvgIpc) is 1.63. The van der Waals surface area contributed by atoms with Crippen molar-refractivity contribution in [1.82, 2.24) is 0 Å². The summed E-state index contributed by atoms with van der Waals surface area (Å²) in [7, 11) is 1.11. The molecule has 0 atom stereocenters. The highest BCUT2D eigenvalue weighted by molar-refractivity contribution is 6.21. The Morgan fingerprint density at radius 1 is 1.33 bits per heavy atom. The molecule has 0 bridgehead atoms. The molecule has 0 aromatic heterocycles. The normalized spacial score (nSPS) is 13.9. The van der Waals surface area contributed by atoms with Gasteiger partial charge in [-0.3, -0.25) is 0 Å². The maximum Gasteiger partial charge on any atom is 0.0926 e. The minimum absolute atomic E-state index is 0.328. The number of ether oxygens (including phenoxy) is 1. The van der Waals surface area contributed by atoms with Crippen LogP contribution in [-0.4, -0.2) is 16.3 Å². The standard InChI is InChI=1S/C7H16OSi/c1-5(2)8-6(3)7(4)9/h5H,1-4,9H3. The molecule has 0 rings (SSSR count). The maximum atomic E-state index is 5.43. The molecule has 0 heterocycles. The number of hydrogen-bond acceptors (Lipinski definition) is 1. The van der Waals surface area contributed by atoms with E-state index in [2.05, 4.69) is 6.92 Å². The average molecular weight is 144 g/mol. The summed E-state index contributed by atoms with van der Waals surface area (Å²) in [5.74, 6) is 1.11.